The molecule has 26 heavy (non-hydrogen) atoms. The minimum Gasteiger partial charge on any atom is -0.340 e. The van der Waals surface area contributed by atoms with E-state index >= 15 is 0 Å². The number of rotatable bonds is 4. The highest BCUT2D eigenvalue weighted by atomic mass is 35.5. The fourth-order valence-corrected chi connectivity index (χ4v) is 5.16. The van der Waals surface area contributed by atoms with Gasteiger partial charge < -0.3 is 4.90 Å². The number of thiazole rings is 1. The topological polar surface area (TPSA) is 36.4 Å². The standard InChI is InChI=1S/C20H24ClN3OS/c21-18-8-4-3-7-17(18)20-22-15(14-26-20)13-19(25)24-11-9-23(10-12-24)16-5-1-2-6-16/h3-4,7-8,14,16H,1-2,5-6,9-13H2. The van der Waals surface area contributed by atoms with Crippen LogP contribution >= 0.6 is 22.9 Å². The Bertz CT molecular complexity index is 764. The van der Waals surface area contributed by atoms with E-state index in [0.717, 1.165) is 48.5 Å². The summed E-state index contributed by atoms with van der Waals surface area (Å²) < 4.78 is 0. The second kappa shape index (κ2) is 8.07. The molecule has 0 spiro atoms. The van der Waals surface area contributed by atoms with Gasteiger partial charge in [0.25, 0.3) is 0 Å². The molecular weight excluding hydrogens is 366 g/mol. The number of halogens is 1. The third-order valence-electron chi connectivity index (χ3n) is 5.50. The maximum absolute atomic E-state index is 12.7. The summed E-state index contributed by atoms with van der Waals surface area (Å²) in [5, 5.41) is 3.55. The second-order valence-corrected chi connectivity index (χ2v) is 8.42. The van der Waals surface area contributed by atoms with Crippen molar-refractivity contribution in [3.05, 3.63) is 40.4 Å². The monoisotopic (exact) mass is 389 g/mol. The lowest BCUT2D eigenvalue weighted by atomic mass is 10.1. The van der Waals surface area contributed by atoms with Crippen LogP contribution in [0.4, 0.5) is 0 Å². The molecule has 2 aromatic rings. The summed E-state index contributed by atoms with van der Waals surface area (Å²) in [4.78, 5) is 21.9. The first-order valence-corrected chi connectivity index (χ1v) is 10.7. The molecule has 0 radical (unpaired) electrons. The van der Waals surface area contributed by atoms with E-state index in [1.54, 1.807) is 11.3 Å². The lowest BCUT2D eigenvalue weighted by Gasteiger charge is -2.38. The number of amides is 1. The van der Waals surface area contributed by atoms with Crippen LogP contribution in [0.3, 0.4) is 0 Å². The average Bonchev–Trinajstić information content (AvgIpc) is 3.34. The van der Waals surface area contributed by atoms with Crippen molar-refractivity contribution in [3.8, 4) is 10.6 Å². The minimum atomic E-state index is 0.187. The highest BCUT2D eigenvalue weighted by Crippen LogP contribution is 2.30. The number of carbonyl (C=O) groups is 1. The molecule has 2 heterocycles. The summed E-state index contributed by atoms with van der Waals surface area (Å²) in [5.74, 6) is 0.187. The molecule has 1 aliphatic carbocycles. The Hall–Kier alpha value is -1.43. The summed E-state index contributed by atoms with van der Waals surface area (Å²) in [5.41, 5.74) is 1.77. The quantitative estimate of drug-likeness (QED) is 0.790. The van der Waals surface area contributed by atoms with Crippen molar-refractivity contribution in [1.29, 1.82) is 0 Å². The van der Waals surface area contributed by atoms with Crippen molar-refractivity contribution in [1.82, 2.24) is 14.8 Å². The molecule has 1 saturated heterocycles. The van der Waals surface area contributed by atoms with E-state index < -0.39 is 0 Å². The number of carbonyl (C=O) groups excluding carboxylic acids is 1. The van der Waals surface area contributed by atoms with E-state index in [1.165, 1.54) is 25.7 Å². The van der Waals surface area contributed by atoms with Gasteiger partial charge in [-0.15, -0.1) is 11.3 Å². The van der Waals surface area contributed by atoms with Crippen molar-refractivity contribution in [2.75, 3.05) is 26.2 Å². The smallest absolute Gasteiger partial charge is 0.228 e. The fraction of sp³-hybridized carbons (Fsp3) is 0.500. The van der Waals surface area contributed by atoms with Gasteiger partial charge in [-0.1, -0.05) is 42.6 Å². The average molecular weight is 390 g/mol. The predicted molar refractivity (Wildman–Crippen MR) is 107 cm³/mol. The van der Waals surface area contributed by atoms with Crippen LogP contribution in [0.2, 0.25) is 5.02 Å². The zero-order valence-corrected chi connectivity index (χ0v) is 16.4. The Balaban J connectivity index is 1.33. The van der Waals surface area contributed by atoms with E-state index in [4.69, 9.17) is 11.6 Å². The third-order valence-corrected chi connectivity index (χ3v) is 6.75. The molecule has 0 bridgehead atoms. The Kier molecular flexibility index (Phi) is 5.57. The van der Waals surface area contributed by atoms with Crippen LogP contribution in [-0.4, -0.2) is 52.9 Å². The Morgan fingerprint density at radius 3 is 2.62 bits per heavy atom. The van der Waals surface area contributed by atoms with E-state index in [0.29, 0.717) is 11.4 Å². The summed E-state index contributed by atoms with van der Waals surface area (Å²) in [6.45, 7) is 3.71. The summed E-state index contributed by atoms with van der Waals surface area (Å²) in [7, 11) is 0. The van der Waals surface area contributed by atoms with Gasteiger partial charge in [-0.05, 0) is 18.9 Å². The fourth-order valence-electron chi connectivity index (χ4n) is 4.02. The lowest BCUT2D eigenvalue weighted by Crippen LogP contribution is -2.51. The molecule has 0 unspecified atom stereocenters. The number of hydrogen-bond donors (Lipinski definition) is 0. The number of piperazine rings is 1. The van der Waals surface area contributed by atoms with Crippen LogP contribution in [0.5, 0.6) is 0 Å². The van der Waals surface area contributed by atoms with Crippen molar-refractivity contribution >= 4 is 28.8 Å². The molecular formula is C20H24ClN3OS. The third kappa shape index (κ3) is 3.95. The van der Waals surface area contributed by atoms with Crippen molar-refractivity contribution in [3.63, 3.8) is 0 Å². The largest absolute Gasteiger partial charge is 0.340 e. The highest BCUT2D eigenvalue weighted by molar-refractivity contribution is 7.13. The van der Waals surface area contributed by atoms with Gasteiger partial charge in [-0.2, -0.15) is 0 Å². The number of nitrogens with zero attached hydrogens (tertiary/aromatic N) is 3. The van der Waals surface area contributed by atoms with E-state index in [2.05, 4.69) is 9.88 Å². The molecule has 1 saturated carbocycles. The highest BCUT2D eigenvalue weighted by Gasteiger charge is 2.28. The van der Waals surface area contributed by atoms with Crippen LogP contribution in [0.15, 0.2) is 29.6 Å². The molecule has 4 nitrogen and oxygen atoms in total. The molecule has 1 aromatic heterocycles. The minimum absolute atomic E-state index is 0.187. The van der Waals surface area contributed by atoms with Crippen molar-refractivity contribution in [2.45, 2.75) is 38.1 Å². The number of hydrogen-bond acceptors (Lipinski definition) is 4. The number of aromatic nitrogens is 1. The van der Waals surface area contributed by atoms with E-state index in [9.17, 15) is 4.79 Å². The Labute approximate surface area is 163 Å². The van der Waals surface area contributed by atoms with E-state index in [-0.39, 0.29) is 5.91 Å². The van der Waals surface area contributed by atoms with Crippen LogP contribution < -0.4 is 0 Å². The molecule has 1 aromatic carbocycles. The van der Waals surface area contributed by atoms with Crippen LogP contribution in [0.1, 0.15) is 31.4 Å². The first kappa shape index (κ1) is 18.0. The predicted octanol–water partition coefficient (Wildman–Crippen LogP) is 4.09. The zero-order chi connectivity index (χ0) is 17.9. The van der Waals surface area contributed by atoms with Crippen LogP contribution in [0.25, 0.3) is 10.6 Å². The normalized spacial score (nSPS) is 19.2. The van der Waals surface area contributed by atoms with Crippen LogP contribution in [-0.2, 0) is 11.2 Å². The van der Waals surface area contributed by atoms with Gasteiger partial charge in [0.15, 0.2) is 0 Å². The summed E-state index contributed by atoms with van der Waals surface area (Å²) in [6.07, 6.45) is 5.77. The van der Waals surface area contributed by atoms with E-state index in [1.807, 2.05) is 34.5 Å². The van der Waals surface area contributed by atoms with Gasteiger partial charge in [0.1, 0.15) is 5.01 Å². The molecule has 1 aliphatic heterocycles. The van der Waals surface area contributed by atoms with Crippen molar-refractivity contribution in [2.24, 2.45) is 0 Å². The maximum Gasteiger partial charge on any atom is 0.228 e. The lowest BCUT2D eigenvalue weighted by molar-refractivity contribution is -0.132. The maximum atomic E-state index is 12.7. The van der Waals surface area contributed by atoms with Gasteiger partial charge in [0, 0.05) is 43.2 Å². The summed E-state index contributed by atoms with van der Waals surface area (Å²) >= 11 is 7.80. The molecule has 2 fully saturated rings. The van der Waals surface area contributed by atoms with Crippen LogP contribution in [0, 0.1) is 0 Å². The first-order valence-electron chi connectivity index (χ1n) is 9.42. The van der Waals surface area contributed by atoms with Gasteiger partial charge in [0.05, 0.1) is 17.1 Å². The van der Waals surface area contributed by atoms with Gasteiger partial charge in [-0.3, -0.25) is 9.69 Å². The SMILES string of the molecule is O=C(Cc1csc(-c2ccccc2Cl)n1)N1CCN(C2CCCC2)CC1. The Morgan fingerprint density at radius 1 is 1.15 bits per heavy atom. The van der Waals surface area contributed by atoms with Crippen molar-refractivity contribution < 1.29 is 4.79 Å². The molecule has 0 atom stereocenters. The first-order chi connectivity index (χ1) is 12.7. The molecule has 1 amide bonds. The molecule has 0 N–H and O–H groups in total. The summed E-state index contributed by atoms with van der Waals surface area (Å²) in [6, 6.07) is 8.46. The Morgan fingerprint density at radius 2 is 1.88 bits per heavy atom. The van der Waals surface area contributed by atoms with Gasteiger partial charge in [-0.25, -0.2) is 4.98 Å². The zero-order valence-electron chi connectivity index (χ0n) is 14.9. The molecule has 6 heteroatoms. The molecule has 2 aliphatic rings. The number of benzene rings is 1. The van der Waals surface area contributed by atoms with Gasteiger partial charge >= 0.3 is 0 Å². The molecule has 4 rings (SSSR count). The second-order valence-electron chi connectivity index (χ2n) is 7.16. The van der Waals surface area contributed by atoms with Gasteiger partial charge in [0.2, 0.25) is 5.91 Å². The molecule has 138 valence electrons.